The molecule has 4 aliphatic carbocycles. The van der Waals surface area contributed by atoms with Gasteiger partial charge < -0.3 is 21.6 Å². The molecule has 1 saturated heterocycles. The Labute approximate surface area is 320 Å². The van der Waals surface area contributed by atoms with E-state index in [-0.39, 0.29) is 26.2 Å². The SMILES string of the molecule is CC1CCCC(C)C1[N-]C1CCCC2CCC(C3=[C-]C4CCCCC4N3C3CCCCC3)[N-]C21.[CH2-]c1ccccc1.[CH2-]c1ccccc1.[Zr]. The van der Waals surface area contributed by atoms with Crippen LogP contribution in [0.15, 0.2) is 66.4 Å². The Balaban J connectivity index is 0.000000259. The maximum Gasteiger partial charge on any atom is 0.0257 e. The molecule has 4 heteroatoms. The van der Waals surface area contributed by atoms with E-state index in [1.54, 1.807) is 5.70 Å². The van der Waals surface area contributed by atoms with Gasteiger partial charge in [-0.15, -0.1) is 42.4 Å². The van der Waals surface area contributed by atoms with E-state index < -0.39 is 0 Å². The van der Waals surface area contributed by atoms with Gasteiger partial charge in [-0.1, -0.05) is 134 Å². The predicted octanol–water partition coefficient (Wildman–Crippen LogP) is 11.9. The first-order valence-corrected chi connectivity index (χ1v) is 20.0. The Kier molecular flexibility index (Phi) is 15.3. The zero-order valence-corrected chi connectivity index (χ0v) is 33.3. The maximum atomic E-state index is 5.75. The Morgan fingerprint density at radius 2 is 1.24 bits per heavy atom. The molecule has 6 aliphatic rings. The number of hydrogen-bond donors (Lipinski definition) is 0. The zero-order chi connectivity index (χ0) is 33.3. The van der Waals surface area contributed by atoms with Crippen LogP contribution in [0.4, 0.5) is 0 Å². The zero-order valence-electron chi connectivity index (χ0n) is 30.8. The molecule has 3 nitrogen and oxygen atoms in total. The van der Waals surface area contributed by atoms with Crippen molar-refractivity contribution in [2.45, 2.75) is 159 Å². The van der Waals surface area contributed by atoms with Crippen LogP contribution in [0.3, 0.4) is 0 Å². The molecule has 0 spiro atoms. The average molecular weight is 738 g/mol. The molecule has 0 amide bonds. The number of fused-ring (bicyclic) bond motifs is 2. The van der Waals surface area contributed by atoms with Crippen molar-refractivity contribution in [2.24, 2.45) is 23.7 Å². The van der Waals surface area contributed by atoms with E-state index in [0.717, 1.165) is 41.0 Å². The largest absolute Gasteiger partial charge is 0.657 e. The van der Waals surface area contributed by atoms with Gasteiger partial charge in [0.1, 0.15) is 0 Å². The Morgan fingerprint density at radius 1 is 0.653 bits per heavy atom. The van der Waals surface area contributed by atoms with Gasteiger partial charge in [-0.2, -0.15) is 66.9 Å². The molecule has 2 aliphatic heterocycles. The summed E-state index contributed by atoms with van der Waals surface area (Å²) in [5, 5.41) is 11.4. The standard InChI is InChI=1S/C31H50N3.2C7H7.Zr/c1-21-10-8-11-22(2)30(21)33-27-16-9-13-23-18-19-26(32-31(23)27)29-20-24-12-6-7-17-28(24)34(29)25-14-4-3-5-15-25;2*1-7-5-3-2-4-6-7;/h21-28,30-31H,3-19H2,1-2H3;2*2-6H,1H2;/q-3;2*-1;. The molecule has 8 atom stereocenters. The van der Waals surface area contributed by atoms with Crippen LogP contribution in [-0.2, 0) is 26.2 Å². The summed E-state index contributed by atoms with van der Waals surface area (Å²) in [6.07, 6.45) is 27.7. The number of hydrogen-bond acceptors (Lipinski definition) is 1. The van der Waals surface area contributed by atoms with Gasteiger partial charge in [0.2, 0.25) is 0 Å². The average Bonchev–Trinajstić information content (AvgIpc) is 3.51. The predicted molar refractivity (Wildman–Crippen MR) is 204 cm³/mol. The third-order valence-corrected chi connectivity index (χ3v) is 12.6. The van der Waals surface area contributed by atoms with Crippen molar-refractivity contribution < 1.29 is 26.2 Å². The first kappa shape index (κ1) is 38.7. The Bertz CT molecular complexity index is 1190. The molecule has 268 valence electrons. The van der Waals surface area contributed by atoms with Crippen LogP contribution in [0.5, 0.6) is 0 Å². The van der Waals surface area contributed by atoms with E-state index >= 15 is 0 Å². The van der Waals surface area contributed by atoms with Crippen molar-refractivity contribution in [1.82, 2.24) is 4.90 Å². The topological polar surface area (TPSA) is 31.4 Å². The summed E-state index contributed by atoms with van der Waals surface area (Å²) in [6, 6.07) is 23.2. The molecular weight excluding hydrogens is 674 g/mol. The molecule has 8 unspecified atom stereocenters. The summed E-state index contributed by atoms with van der Waals surface area (Å²) in [5.74, 6) is 3.01. The van der Waals surface area contributed by atoms with Gasteiger partial charge in [0, 0.05) is 38.3 Å². The molecule has 4 saturated carbocycles. The molecule has 5 fully saturated rings. The van der Waals surface area contributed by atoms with Gasteiger partial charge in [-0.05, 0) is 19.3 Å². The fraction of sp³-hybridized carbons (Fsp3) is 0.644. The first-order chi connectivity index (χ1) is 23.5. The minimum absolute atomic E-state index is 0. The minimum Gasteiger partial charge on any atom is -0.657 e. The third kappa shape index (κ3) is 10.3. The fourth-order valence-electron chi connectivity index (χ4n) is 10.1. The Hall–Kier alpha value is -1.48. The van der Waals surface area contributed by atoms with Crippen LogP contribution in [0.1, 0.15) is 134 Å². The Morgan fingerprint density at radius 3 is 1.86 bits per heavy atom. The molecule has 8 rings (SSSR count). The summed E-state index contributed by atoms with van der Waals surface area (Å²) in [7, 11) is 0. The van der Waals surface area contributed by atoms with Gasteiger partial charge in [-0.3, -0.25) is 0 Å². The maximum absolute atomic E-state index is 5.75. The molecule has 2 aromatic rings. The van der Waals surface area contributed by atoms with Gasteiger partial charge >= 0.3 is 0 Å². The van der Waals surface area contributed by atoms with Gasteiger partial charge in [0.25, 0.3) is 0 Å². The molecule has 0 radical (unpaired) electrons. The first-order valence-electron chi connectivity index (χ1n) is 20.0. The van der Waals surface area contributed by atoms with Gasteiger partial charge in [0.05, 0.1) is 0 Å². The van der Waals surface area contributed by atoms with Gasteiger partial charge in [-0.25, -0.2) is 0 Å². The normalized spacial score (nSPS) is 34.4. The van der Waals surface area contributed by atoms with E-state index in [1.165, 1.54) is 109 Å². The second-order valence-electron chi connectivity index (χ2n) is 16.2. The molecule has 0 aromatic heterocycles. The van der Waals surface area contributed by atoms with Crippen LogP contribution in [0, 0.1) is 43.6 Å². The van der Waals surface area contributed by atoms with Crippen molar-refractivity contribution in [1.29, 1.82) is 0 Å². The molecule has 2 heterocycles. The van der Waals surface area contributed by atoms with Crippen LogP contribution in [-0.4, -0.2) is 41.2 Å². The van der Waals surface area contributed by atoms with Crippen molar-refractivity contribution in [3.8, 4) is 0 Å². The third-order valence-electron chi connectivity index (χ3n) is 12.6. The van der Waals surface area contributed by atoms with E-state index in [1.807, 2.05) is 60.7 Å². The van der Waals surface area contributed by atoms with Crippen molar-refractivity contribution in [3.63, 3.8) is 0 Å². The van der Waals surface area contributed by atoms with E-state index in [2.05, 4.69) is 38.7 Å². The monoisotopic (exact) mass is 736 g/mol. The molecule has 49 heavy (non-hydrogen) atoms. The smallest absolute Gasteiger partial charge is 0.0257 e. The van der Waals surface area contributed by atoms with Crippen LogP contribution >= 0.6 is 0 Å². The second kappa shape index (κ2) is 19.4. The number of rotatable bonds is 4. The summed E-state index contributed by atoms with van der Waals surface area (Å²) in [4.78, 5) is 2.94. The number of piperidine rings is 1. The van der Waals surface area contributed by atoms with Crippen LogP contribution in [0.25, 0.3) is 10.6 Å². The van der Waals surface area contributed by atoms with Crippen LogP contribution in [0.2, 0.25) is 0 Å². The van der Waals surface area contributed by atoms with Crippen molar-refractivity contribution in [3.05, 3.63) is 108 Å². The van der Waals surface area contributed by atoms with E-state index in [4.69, 9.17) is 10.6 Å². The number of benzene rings is 2. The molecular formula is C45H64N3Zr-5. The summed E-state index contributed by atoms with van der Waals surface area (Å²) < 4.78 is 0. The van der Waals surface area contributed by atoms with E-state index in [0.29, 0.717) is 30.1 Å². The van der Waals surface area contributed by atoms with Crippen molar-refractivity contribution >= 4 is 0 Å². The van der Waals surface area contributed by atoms with E-state index in [9.17, 15) is 0 Å². The second-order valence-corrected chi connectivity index (χ2v) is 16.2. The summed E-state index contributed by atoms with van der Waals surface area (Å²) in [6.45, 7) is 12.4. The quantitative estimate of drug-likeness (QED) is 0.288. The van der Waals surface area contributed by atoms with Crippen LogP contribution < -0.4 is 0 Å². The fourth-order valence-corrected chi connectivity index (χ4v) is 10.1. The van der Waals surface area contributed by atoms with Gasteiger partial charge in [0.15, 0.2) is 0 Å². The molecule has 2 aromatic carbocycles. The number of nitrogens with zero attached hydrogens (tertiary/aromatic N) is 3. The summed E-state index contributed by atoms with van der Waals surface area (Å²) in [5.41, 5.74) is 3.70. The summed E-state index contributed by atoms with van der Waals surface area (Å²) >= 11 is 0. The van der Waals surface area contributed by atoms with Crippen molar-refractivity contribution in [2.75, 3.05) is 0 Å². The molecule has 0 bridgehead atoms. The minimum atomic E-state index is 0. The molecule has 0 N–H and O–H groups in total.